The summed E-state index contributed by atoms with van der Waals surface area (Å²) in [5.41, 5.74) is 10.3. The third-order valence-corrected chi connectivity index (χ3v) is 8.18. The number of H-pyrrole nitrogens is 1. The van der Waals surface area contributed by atoms with Crippen molar-refractivity contribution in [2.45, 2.75) is 49.9 Å². The van der Waals surface area contributed by atoms with Crippen LogP contribution in [-0.2, 0) is 44.9 Å². The quantitative estimate of drug-likeness (QED) is 0.102. The Morgan fingerprint density at radius 2 is 1.00 bits per heavy atom. The van der Waals surface area contributed by atoms with E-state index >= 15 is 0 Å². The summed E-state index contributed by atoms with van der Waals surface area (Å²) in [5.74, 6) is -2.98. The molecule has 3 amide bonds. The van der Waals surface area contributed by atoms with E-state index in [9.17, 15) is 24.3 Å². The van der Waals surface area contributed by atoms with Gasteiger partial charge in [-0.3, -0.25) is 14.4 Å². The zero-order valence-corrected chi connectivity index (χ0v) is 26.3. The number of para-hydroxylation sites is 1. The van der Waals surface area contributed by atoms with Crippen molar-refractivity contribution in [3.63, 3.8) is 0 Å². The van der Waals surface area contributed by atoms with Gasteiger partial charge in [0.25, 0.3) is 0 Å². The molecule has 5 rings (SSSR count). The predicted octanol–water partition coefficient (Wildman–Crippen LogP) is 3.30. The summed E-state index contributed by atoms with van der Waals surface area (Å²) in [6.45, 7) is 0. The van der Waals surface area contributed by atoms with Gasteiger partial charge in [0.15, 0.2) is 0 Å². The topological polar surface area (TPSA) is 166 Å². The number of hydrogen-bond donors (Lipinski definition) is 6. The second-order valence-corrected chi connectivity index (χ2v) is 11.8. The molecule has 0 aliphatic rings. The number of aliphatic carboxylic acids is 1. The van der Waals surface area contributed by atoms with Crippen LogP contribution in [0.4, 0.5) is 0 Å². The molecule has 4 atom stereocenters. The molecule has 5 aromatic rings. The van der Waals surface area contributed by atoms with E-state index in [1.54, 1.807) is 6.20 Å². The number of rotatable bonds is 15. The molecule has 0 fully saturated rings. The Labute approximate surface area is 278 Å². The minimum absolute atomic E-state index is 0.0308. The second kappa shape index (κ2) is 16.2. The van der Waals surface area contributed by atoms with E-state index in [2.05, 4.69) is 20.9 Å². The maximum Gasteiger partial charge on any atom is 0.326 e. The highest BCUT2D eigenvalue weighted by Crippen LogP contribution is 2.19. The molecule has 4 unspecified atom stereocenters. The fourth-order valence-corrected chi connectivity index (χ4v) is 5.62. The lowest BCUT2D eigenvalue weighted by Crippen LogP contribution is -2.58. The van der Waals surface area contributed by atoms with Crippen molar-refractivity contribution in [3.8, 4) is 0 Å². The molecule has 48 heavy (non-hydrogen) atoms. The number of aromatic nitrogens is 1. The molecule has 10 nitrogen and oxygen atoms in total. The lowest BCUT2D eigenvalue weighted by Gasteiger charge is -2.25. The monoisotopic (exact) mass is 645 g/mol. The Balaban J connectivity index is 1.35. The van der Waals surface area contributed by atoms with Gasteiger partial charge in [-0.1, -0.05) is 109 Å². The minimum atomic E-state index is -1.26. The normalized spacial score (nSPS) is 13.5. The van der Waals surface area contributed by atoms with Gasteiger partial charge in [0.2, 0.25) is 17.7 Å². The van der Waals surface area contributed by atoms with Gasteiger partial charge >= 0.3 is 5.97 Å². The molecule has 10 heteroatoms. The number of nitrogens with one attached hydrogen (secondary N) is 4. The van der Waals surface area contributed by atoms with Gasteiger partial charge in [0.05, 0.1) is 6.04 Å². The molecule has 0 bridgehead atoms. The number of amides is 3. The van der Waals surface area contributed by atoms with E-state index in [-0.39, 0.29) is 25.7 Å². The van der Waals surface area contributed by atoms with Crippen LogP contribution in [-0.4, -0.2) is 57.9 Å². The van der Waals surface area contributed by atoms with E-state index in [1.807, 2.05) is 115 Å². The number of carbonyl (C=O) groups is 4. The van der Waals surface area contributed by atoms with Crippen LogP contribution in [0.3, 0.4) is 0 Å². The largest absolute Gasteiger partial charge is 0.480 e. The average molecular weight is 646 g/mol. The molecule has 0 saturated carbocycles. The van der Waals surface area contributed by atoms with E-state index in [4.69, 9.17) is 5.73 Å². The van der Waals surface area contributed by atoms with Crippen LogP contribution in [0, 0.1) is 0 Å². The molecule has 0 aliphatic carbocycles. The number of hydrogen-bond acceptors (Lipinski definition) is 5. The van der Waals surface area contributed by atoms with Gasteiger partial charge < -0.3 is 31.8 Å². The van der Waals surface area contributed by atoms with Crippen LogP contribution in [0.25, 0.3) is 10.9 Å². The molecular weight excluding hydrogens is 606 g/mol. The summed E-state index contributed by atoms with van der Waals surface area (Å²) < 4.78 is 0. The van der Waals surface area contributed by atoms with Gasteiger partial charge in [-0.2, -0.15) is 0 Å². The van der Waals surface area contributed by atoms with E-state index in [0.717, 1.165) is 33.2 Å². The van der Waals surface area contributed by atoms with Gasteiger partial charge in [-0.25, -0.2) is 4.79 Å². The van der Waals surface area contributed by atoms with Crippen molar-refractivity contribution < 1.29 is 24.3 Å². The molecule has 0 radical (unpaired) electrons. The summed E-state index contributed by atoms with van der Waals surface area (Å²) in [4.78, 5) is 56.5. The van der Waals surface area contributed by atoms with Crippen molar-refractivity contribution in [2.24, 2.45) is 5.73 Å². The lowest BCUT2D eigenvalue weighted by atomic mass is 10.0. The van der Waals surface area contributed by atoms with Gasteiger partial charge in [-0.05, 0) is 34.7 Å². The number of fused-ring (bicyclic) bond motifs is 1. The SMILES string of the molecule is NC(Cc1ccccc1)C(=O)NC(Cc1ccccc1)C(=O)NC(Cc1ccccc1)C(=O)NC(Cc1c[nH]c2ccccc12)C(=O)O. The Hall–Kier alpha value is -5.74. The predicted molar refractivity (Wildman–Crippen MR) is 184 cm³/mol. The van der Waals surface area contributed by atoms with Crippen LogP contribution < -0.4 is 21.7 Å². The smallest absolute Gasteiger partial charge is 0.326 e. The van der Waals surface area contributed by atoms with Gasteiger partial charge in [0, 0.05) is 36.4 Å². The fraction of sp³-hybridized carbons (Fsp3) is 0.211. The Morgan fingerprint density at radius 1 is 0.562 bits per heavy atom. The fourth-order valence-electron chi connectivity index (χ4n) is 5.62. The molecule has 246 valence electrons. The first-order chi connectivity index (χ1) is 23.3. The van der Waals surface area contributed by atoms with Gasteiger partial charge in [-0.15, -0.1) is 0 Å². The standard InChI is InChI=1S/C38H39N5O5/c39-30(20-25-12-4-1-5-13-25)35(44)41-32(21-26-14-6-2-7-15-26)36(45)42-33(22-27-16-8-3-9-17-27)37(46)43-34(38(47)48)23-28-24-40-31-19-11-10-18-29(28)31/h1-19,24,30,32-34,40H,20-23,39H2,(H,41,44)(H,42,45)(H,43,46)(H,47,48). The summed E-state index contributed by atoms with van der Waals surface area (Å²) in [7, 11) is 0. The zero-order valence-electron chi connectivity index (χ0n) is 26.3. The summed E-state index contributed by atoms with van der Waals surface area (Å²) >= 11 is 0. The average Bonchev–Trinajstić information content (AvgIpc) is 3.51. The van der Waals surface area contributed by atoms with Crippen molar-refractivity contribution in [3.05, 3.63) is 144 Å². The first-order valence-electron chi connectivity index (χ1n) is 15.8. The zero-order chi connectivity index (χ0) is 33.9. The highest BCUT2D eigenvalue weighted by molar-refractivity contribution is 5.94. The molecule has 0 spiro atoms. The van der Waals surface area contributed by atoms with E-state index in [0.29, 0.717) is 0 Å². The van der Waals surface area contributed by atoms with Gasteiger partial charge in [0.1, 0.15) is 18.1 Å². The molecule has 0 aliphatic heterocycles. The third kappa shape index (κ3) is 9.17. The van der Waals surface area contributed by atoms with Crippen LogP contribution in [0.5, 0.6) is 0 Å². The number of carboxylic acids is 1. The minimum Gasteiger partial charge on any atom is -0.480 e. The van der Waals surface area contributed by atoms with Crippen molar-refractivity contribution in [1.82, 2.24) is 20.9 Å². The molecule has 7 N–H and O–H groups in total. The number of benzene rings is 4. The number of carbonyl (C=O) groups excluding carboxylic acids is 3. The van der Waals surface area contributed by atoms with E-state index < -0.39 is 47.9 Å². The Kier molecular flexibility index (Phi) is 11.3. The summed E-state index contributed by atoms with van der Waals surface area (Å²) in [6.07, 6.45) is 2.28. The van der Waals surface area contributed by atoms with Crippen LogP contribution >= 0.6 is 0 Å². The molecule has 1 heterocycles. The first-order valence-corrected chi connectivity index (χ1v) is 15.8. The summed E-state index contributed by atoms with van der Waals surface area (Å²) in [5, 5.41) is 19.2. The molecule has 0 saturated heterocycles. The van der Waals surface area contributed by atoms with Crippen molar-refractivity contribution >= 4 is 34.6 Å². The Bertz CT molecular complexity index is 1830. The van der Waals surface area contributed by atoms with Crippen LogP contribution in [0.2, 0.25) is 0 Å². The highest BCUT2D eigenvalue weighted by atomic mass is 16.4. The third-order valence-electron chi connectivity index (χ3n) is 8.18. The van der Waals surface area contributed by atoms with E-state index in [1.165, 1.54) is 0 Å². The molecule has 1 aromatic heterocycles. The van der Waals surface area contributed by atoms with Crippen LogP contribution in [0.1, 0.15) is 22.3 Å². The number of nitrogens with two attached hydrogens (primary N) is 1. The maximum atomic E-state index is 13.9. The molecule has 4 aromatic carbocycles. The molecular formula is C38H39N5O5. The maximum absolute atomic E-state index is 13.9. The first kappa shape index (κ1) is 33.6. The number of aromatic amines is 1. The number of carboxylic acid groups (broad SMARTS) is 1. The van der Waals surface area contributed by atoms with Crippen molar-refractivity contribution in [1.29, 1.82) is 0 Å². The van der Waals surface area contributed by atoms with Crippen LogP contribution in [0.15, 0.2) is 121 Å². The van der Waals surface area contributed by atoms with Crippen molar-refractivity contribution in [2.75, 3.05) is 0 Å². The Morgan fingerprint density at radius 3 is 1.52 bits per heavy atom. The second-order valence-electron chi connectivity index (χ2n) is 11.8. The highest BCUT2D eigenvalue weighted by Gasteiger charge is 2.31. The lowest BCUT2D eigenvalue weighted by molar-refractivity contribution is -0.142. The summed E-state index contributed by atoms with van der Waals surface area (Å²) in [6, 6.07) is 30.8.